The summed E-state index contributed by atoms with van der Waals surface area (Å²) < 4.78 is 5.88. The molecule has 3 aromatic carbocycles. The van der Waals surface area contributed by atoms with Gasteiger partial charge in [-0.2, -0.15) is 0 Å². The highest BCUT2D eigenvalue weighted by atomic mass is 16.5. The third-order valence-corrected chi connectivity index (χ3v) is 4.01. The van der Waals surface area contributed by atoms with E-state index in [1.165, 1.54) is 10.8 Å². The summed E-state index contributed by atoms with van der Waals surface area (Å²) >= 11 is 0. The Morgan fingerprint density at radius 1 is 0.905 bits per heavy atom. The van der Waals surface area contributed by atoms with Crippen LogP contribution in [0.1, 0.15) is 15.9 Å². The summed E-state index contributed by atoms with van der Waals surface area (Å²) in [4.78, 5) is 12.5. The monoisotopic (exact) mass is 274 g/mol. The summed E-state index contributed by atoms with van der Waals surface area (Å²) in [6.45, 7) is 0. The molecule has 1 unspecified atom stereocenters. The fraction of sp³-hybridized carbons (Fsp3) is 0.105. The van der Waals surface area contributed by atoms with E-state index < -0.39 is 6.10 Å². The standard InChI is InChI=1S/C19H14O2/c20-19(14-7-2-1-3-8-14)18-12-16-15-9-5-4-6-13(15)10-11-17(16)21-18/h1-11,18H,12H2. The molecule has 0 aliphatic carbocycles. The van der Waals surface area contributed by atoms with Crippen LogP contribution in [0.4, 0.5) is 0 Å². The normalized spacial score (nSPS) is 16.5. The fourth-order valence-electron chi connectivity index (χ4n) is 2.95. The Labute approximate surface area is 123 Å². The van der Waals surface area contributed by atoms with E-state index in [2.05, 4.69) is 12.1 Å². The van der Waals surface area contributed by atoms with Gasteiger partial charge in [0.1, 0.15) is 5.75 Å². The smallest absolute Gasteiger partial charge is 0.203 e. The second kappa shape index (κ2) is 4.74. The number of hydrogen-bond acceptors (Lipinski definition) is 2. The van der Waals surface area contributed by atoms with Crippen molar-refractivity contribution in [3.63, 3.8) is 0 Å². The molecule has 0 N–H and O–H groups in total. The minimum absolute atomic E-state index is 0.0517. The van der Waals surface area contributed by atoms with Crippen molar-refractivity contribution >= 4 is 16.6 Å². The lowest BCUT2D eigenvalue weighted by Gasteiger charge is -2.09. The van der Waals surface area contributed by atoms with E-state index in [4.69, 9.17) is 4.74 Å². The number of fused-ring (bicyclic) bond motifs is 3. The predicted molar refractivity (Wildman–Crippen MR) is 82.8 cm³/mol. The van der Waals surface area contributed by atoms with Crippen molar-refractivity contribution in [3.8, 4) is 5.75 Å². The number of carbonyl (C=O) groups excluding carboxylic acids is 1. The van der Waals surface area contributed by atoms with Crippen LogP contribution in [0.5, 0.6) is 5.75 Å². The molecule has 1 aliphatic heterocycles. The van der Waals surface area contributed by atoms with Crippen LogP contribution >= 0.6 is 0 Å². The van der Waals surface area contributed by atoms with Gasteiger partial charge < -0.3 is 4.74 Å². The van der Waals surface area contributed by atoms with Crippen LogP contribution in [0.25, 0.3) is 10.8 Å². The predicted octanol–water partition coefficient (Wildman–Crippen LogP) is 4.03. The van der Waals surface area contributed by atoms with Gasteiger partial charge in [-0.1, -0.05) is 60.7 Å². The van der Waals surface area contributed by atoms with Gasteiger partial charge in [0.15, 0.2) is 6.10 Å². The summed E-state index contributed by atoms with van der Waals surface area (Å²) in [6.07, 6.45) is 0.234. The summed E-state index contributed by atoms with van der Waals surface area (Å²) in [7, 11) is 0. The zero-order valence-electron chi connectivity index (χ0n) is 11.5. The molecule has 0 radical (unpaired) electrons. The Balaban J connectivity index is 1.71. The van der Waals surface area contributed by atoms with Crippen LogP contribution in [0.15, 0.2) is 66.7 Å². The van der Waals surface area contributed by atoms with Gasteiger partial charge in [-0.3, -0.25) is 4.79 Å². The molecule has 4 rings (SSSR count). The molecule has 0 aromatic heterocycles. The second-order valence-corrected chi connectivity index (χ2v) is 5.30. The summed E-state index contributed by atoms with van der Waals surface area (Å²) in [5, 5.41) is 2.37. The maximum Gasteiger partial charge on any atom is 0.203 e. The molecule has 0 saturated carbocycles. The van der Waals surface area contributed by atoms with E-state index in [9.17, 15) is 4.79 Å². The van der Waals surface area contributed by atoms with Crippen molar-refractivity contribution < 1.29 is 9.53 Å². The van der Waals surface area contributed by atoms with Crippen molar-refractivity contribution in [2.75, 3.05) is 0 Å². The molecule has 1 heterocycles. The van der Waals surface area contributed by atoms with Gasteiger partial charge in [-0.15, -0.1) is 0 Å². The largest absolute Gasteiger partial charge is 0.482 e. The van der Waals surface area contributed by atoms with Crippen LogP contribution < -0.4 is 4.74 Å². The molecule has 0 fully saturated rings. The zero-order valence-corrected chi connectivity index (χ0v) is 11.5. The van der Waals surface area contributed by atoms with Crippen molar-refractivity contribution in [1.29, 1.82) is 0 Å². The minimum atomic E-state index is -0.409. The maximum atomic E-state index is 12.5. The number of hydrogen-bond donors (Lipinski definition) is 0. The summed E-state index contributed by atoms with van der Waals surface area (Å²) in [6, 6.07) is 21.6. The molecule has 0 bridgehead atoms. The first-order valence-electron chi connectivity index (χ1n) is 7.09. The quantitative estimate of drug-likeness (QED) is 0.660. The molecule has 2 heteroatoms. The third kappa shape index (κ3) is 2.00. The highest BCUT2D eigenvalue weighted by Gasteiger charge is 2.30. The molecule has 2 nitrogen and oxygen atoms in total. The summed E-state index contributed by atoms with van der Waals surface area (Å²) in [5.41, 5.74) is 1.85. The number of carbonyl (C=O) groups is 1. The highest BCUT2D eigenvalue weighted by molar-refractivity contribution is 6.01. The van der Waals surface area contributed by atoms with Gasteiger partial charge in [0.05, 0.1) is 0 Å². The molecule has 1 atom stereocenters. The van der Waals surface area contributed by atoms with Crippen LogP contribution in [0.3, 0.4) is 0 Å². The SMILES string of the molecule is O=C(c1ccccc1)C1Cc2c(ccc3ccccc23)O1. The lowest BCUT2D eigenvalue weighted by atomic mass is 9.98. The Morgan fingerprint density at radius 3 is 2.52 bits per heavy atom. The Morgan fingerprint density at radius 2 is 1.67 bits per heavy atom. The van der Waals surface area contributed by atoms with Gasteiger partial charge in [-0.05, 0) is 16.8 Å². The molecule has 0 spiro atoms. The van der Waals surface area contributed by atoms with Crippen molar-refractivity contribution in [3.05, 3.63) is 77.9 Å². The van der Waals surface area contributed by atoms with E-state index >= 15 is 0 Å². The molecule has 21 heavy (non-hydrogen) atoms. The maximum absolute atomic E-state index is 12.5. The van der Waals surface area contributed by atoms with Crippen molar-refractivity contribution in [2.24, 2.45) is 0 Å². The van der Waals surface area contributed by atoms with E-state index in [1.54, 1.807) is 0 Å². The number of benzene rings is 3. The van der Waals surface area contributed by atoms with Crippen LogP contribution in [0, 0.1) is 0 Å². The van der Waals surface area contributed by atoms with Crippen LogP contribution in [-0.2, 0) is 6.42 Å². The highest BCUT2D eigenvalue weighted by Crippen LogP contribution is 2.35. The number of Topliss-reactive ketones (excluding diaryl/α,β-unsaturated/α-hetero) is 1. The lowest BCUT2D eigenvalue weighted by molar-refractivity contribution is 0.0825. The third-order valence-electron chi connectivity index (χ3n) is 4.01. The molecule has 1 aliphatic rings. The van der Waals surface area contributed by atoms with Crippen LogP contribution in [0.2, 0.25) is 0 Å². The van der Waals surface area contributed by atoms with E-state index in [1.807, 2.05) is 54.6 Å². The molecule has 3 aromatic rings. The fourth-order valence-corrected chi connectivity index (χ4v) is 2.95. The zero-order chi connectivity index (χ0) is 14.2. The molecular formula is C19H14O2. The second-order valence-electron chi connectivity index (χ2n) is 5.30. The topological polar surface area (TPSA) is 26.3 Å². The first-order chi connectivity index (χ1) is 10.3. The summed E-state index contributed by atoms with van der Waals surface area (Å²) in [5.74, 6) is 0.888. The Hall–Kier alpha value is -2.61. The van der Waals surface area contributed by atoms with E-state index in [-0.39, 0.29) is 5.78 Å². The van der Waals surface area contributed by atoms with Gasteiger partial charge in [0.2, 0.25) is 5.78 Å². The first kappa shape index (κ1) is 12.2. The van der Waals surface area contributed by atoms with Crippen LogP contribution in [-0.4, -0.2) is 11.9 Å². The van der Waals surface area contributed by atoms with Gasteiger partial charge in [0, 0.05) is 17.5 Å². The van der Waals surface area contributed by atoms with Crippen molar-refractivity contribution in [1.82, 2.24) is 0 Å². The number of ether oxygens (including phenoxy) is 1. The average molecular weight is 274 g/mol. The van der Waals surface area contributed by atoms with Gasteiger partial charge in [-0.25, -0.2) is 0 Å². The first-order valence-corrected chi connectivity index (χ1v) is 7.09. The lowest BCUT2D eigenvalue weighted by Crippen LogP contribution is -2.25. The van der Waals surface area contributed by atoms with Crippen molar-refractivity contribution in [2.45, 2.75) is 12.5 Å². The molecule has 0 amide bonds. The number of rotatable bonds is 2. The minimum Gasteiger partial charge on any atom is -0.482 e. The van der Waals surface area contributed by atoms with E-state index in [0.29, 0.717) is 12.0 Å². The van der Waals surface area contributed by atoms with Gasteiger partial charge in [0.25, 0.3) is 0 Å². The Bertz CT molecular complexity index is 821. The van der Waals surface area contributed by atoms with E-state index in [0.717, 1.165) is 11.3 Å². The molecule has 0 saturated heterocycles. The Kier molecular flexibility index (Phi) is 2.74. The van der Waals surface area contributed by atoms with Gasteiger partial charge >= 0.3 is 0 Å². The molecular weight excluding hydrogens is 260 g/mol. The molecule has 102 valence electrons. The average Bonchev–Trinajstić information content (AvgIpc) is 2.99. The number of ketones is 1.